The predicted molar refractivity (Wildman–Crippen MR) is 99.1 cm³/mol. The third-order valence-electron chi connectivity index (χ3n) is 5.92. The molecule has 0 aliphatic carbocycles. The van der Waals surface area contributed by atoms with E-state index in [9.17, 15) is 9.59 Å². The molecule has 3 aliphatic heterocycles. The van der Waals surface area contributed by atoms with E-state index >= 15 is 0 Å². The molecule has 27 heavy (non-hydrogen) atoms. The van der Waals surface area contributed by atoms with Gasteiger partial charge in [-0.25, -0.2) is 0 Å². The normalized spacial score (nSPS) is 32.2. The molecule has 0 aromatic carbocycles. The topological polar surface area (TPSA) is 84.7 Å². The van der Waals surface area contributed by atoms with Gasteiger partial charge in [0.1, 0.15) is 11.4 Å². The van der Waals surface area contributed by atoms with Gasteiger partial charge in [0.25, 0.3) is 0 Å². The fourth-order valence-corrected chi connectivity index (χ4v) is 4.58. The number of carbonyl (C=O) groups is 2. The summed E-state index contributed by atoms with van der Waals surface area (Å²) in [5.41, 5.74) is -0.734. The van der Waals surface area contributed by atoms with Crippen molar-refractivity contribution >= 4 is 17.6 Å². The summed E-state index contributed by atoms with van der Waals surface area (Å²) >= 11 is 0. The number of aromatic nitrogens is 1. The number of nitrogens with zero attached hydrogens (tertiary/aromatic N) is 2. The zero-order chi connectivity index (χ0) is 19.2. The average Bonchev–Trinajstić information content (AvgIpc) is 3.36. The van der Waals surface area contributed by atoms with E-state index in [2.05, 4.69) is 17.4 Å². The SMILES string of the molecule is CCCCCC(C)NC(=O)C1C2C=C[C@@]3(CN(c4cc(C)on4)C(=O)C13)O2. The number of hydrogen-bond acceptors (Lipinski definition) is 5. The molecule has 7 nitrogen and oxygen atoms in total. The van der Waals surface area contributed by atoms with Crippen LogP contribution in [0.2, 0.25) is 0 Å². The van der Waals surface area contributed by atoms with E-state index in [0.717, 1.165) is 25.7 Å². The molecule has 2 amide bonds. The highest BCUT2D eigenvalue weighted by Crippen LogP contribution is 2.52. The van der Waals surface area contributed by atoms with Crippen LogP contribution in [0.3, 0.4) is 0 Å². The monoisotopic (exact) mass is 373 g/mol. The number of amides is 2. The number of fused-ring (bicyclic) bond motifs is 1. The number of anilines is 1. The lowest BCUT2D eigenvalue weighted by Crippen LogP contribution is -2.46. The van der Waals surface area contributed by atoms with E-state index in [1.54, 1.807) is 17.9 Å². The van der Waals surface area contributed by atoms with Gasteiger partial charge in [-0.15, -0.1) is 0 Å². The lowest BCUT2D eigenvalue weighted by atomic mass is 9.76. The average molecular weight is 373 g/mol. The van der Waals surface area contributed by atoms with Crippen LogP contribution in [0.5, 0.6) is 0 Å². The van der Waals surface area contributed by atoms with Gasteiger partial charge in [-0.1, -0.05) is 43.5 Å². The Morgan fingerprint density at radius 2 is 2.30 bits per heavy atom. The summed E-state index contributed by atoms with van der Waals surface area (Å²) in [5, 5.41) is 7.06. The quantitative estimate of drug-likeness (QED) is 0.586. The lowest BCUT2D eigenvalue weighted by molar-refractivity contribution is -0.132. The summed E-state index contributed by atoms with van der Waals surface area (Å²) in [6.07, 6.45) is 7.89. The van der Waals surface area contributed by atoms with Crippen LogP contribution in [0.4, 0.5) is 5.82 Å². The number of hydrogen-bond donors (Lipinski definition) is 1. The van der Waals surface area contributed by atoms with E-state index in [0.29, 0.717) is 18.1 Å². The molecule has 0 saturated carbocycles. The largest absolute Gasteiger partial charge is 0.360 e. The molecule has 2 bridgehead atoms. The molecule has 146 valence electrons. The highest BCUT2D eigenvalue weighted by atomic mass is 16.5. The molecule has 2 fully saturated rings. The van der Waals surface area contributed by atoms with Crippen molar-refractivity contribution in [2.45, 2.75) is 64.2 Å². The van der Waals surface area contributed by atoms with Gasteiger partial charge < -0.3 is 14.6 Å². The highest BCUT2D eigenvalue weighted by Gasteiger charge is 2.67. The van der Waals surface area contributed by atoms with Gasteiger partial charge in [0.15, 0.2) is 5.82 Å². The van der Waals surface area contributed by atoms with Gasteiger partial charge >= 0.3 is 0 Å². The molecule has 4 rings (SSSR count). The van der Waals surface area contributed by atoms with Crippen molar-refractivity contribution < 1.29 is 18.8 Å². The zero-order valence-corrected chi connectivity index (χ0v) is 16.1. The van der Waals surface area contributed by atoms with Gasteiger partial charge in [0, 0.05) is 12.1 Å². The van der Waals surface area contributed by atoms with E-state index in [-0.39, 0.29) is 24.0 Å². The minimum absolute atomic E-state index is 0.0910. The molecule has 5 atom stereocenters. The van der Waals surface area contributed by atoms with Crippen molar-refractivity contribution in [3.8, 4) is 0 Å². The van der Waals surface area contributed by atoms with Gasteiger partial charge in [0.2, 0.25) is 11.8 Å². The first-order valence-corrected chi connectivity index (χ1v) is 9.87. The molecule has 1 aromatic rings. The molecule has 4 unspecified atom stereocenters. The number of aryl methyl sites for hydroxylation is 1. The van der Waals surface area contributed by atoms with Gasteiger partial charge in [-0.05, 0) is 20.3 Å². The molecule has 1 spiro atoms. The maximum Gasteiger partial charge on any atom is 0.235 e. The van der Waals surface area contributed by atoms with Crippen LogP contribution in [-0.2, 0) is 14.3 Å². The second-order valence-corrected chi connectivity index (χ2v) is 8.03. The maximum atomic E-state index is 13.1. The van der Waals surface area contributed by atoms with E-state index in [1.165, 1.54) is 0 Å². The molecule has 1 N–H and O–H groups in total. The molecule has 7 heteroatoms. The van der Waals surface area contributed by atoms with Crippen molar-refractivity contribution in [3.05, 3.63) is 24.0 Å². The minimum Gasteiger partial charge on any atom is -0.360 e. The summed E-state index contributed by atoms with van der Waals surface area (Å²) in [4.78, 5) is 27.7. The Morgan fingerprint density at radius 1 is 1.48 bits per heavy atom. The first kappa shape index (κ1) is 18.2. The summed E-state index contributed by atoms with van der Waals surface area (Å²) < 4.78 is 11.2. The van der Waals surface area contributed by atoms with E-state index in [1.807, 2.05) is 19.1 Å². The summed E-state index contributed by atoms with van der Waals surface area (Å²) in [6, 6.07) is 1.82. The van der Waals surface area contributed by atoms with Crippen LogP contribution in [-0.4, -0.2) is 41.3 Å². The second-order valence-electron chi connectivity index (χ2n) is 8.03. The Bertz CT molecular complexity index is 773. The van der Waals surface area contributed by atoms with E-state index in [4.69, 9.17) is 9.26 Å². The van der Waals surface area contributed by atoms with Gasteiger partial charge in [-0.3, -0.25) is 14.5 Å². The number of nitrogens with one attached hydrogen (secondary N) is 1. The molecule has 1 aromatic heterocycles. The van der Waals surface area contributed by atoms with Crippen LogP contribution < -0.4 is 10.2 Å². The number of unbranched alkanes of at least 4 members (excludes halogenated alkanes) is 2. The number of rotatable bonds is 7. The fraction of sp³-hybridized carbons (Fsp3) is 0.650. The molecule has 4 heterocycles. The van der Waals surface area contributed by atoms with Gasteiger partial charge in [-0.2, -0.15) is 0 Å². The third-order valence-corrected chi connectivity index (χ3v) is 5.92. The first-order chi connectivity index (χ1) is 12.9. The van der Waals surface area contributed by atoms with Crippen molar-refractivity contribution in [3.63, 3.8) is 0 Å². The summed E-state index contributed by atoms with van der Waals surface area (Å²) in [7, 11) is 0. The van der Waals surface area contributed by atoms with Crippen LogP contribution in [0.1, 0.15) is 45.3 Å². The maximum absolute atomic E-state index is 13.1. The number of carbonyl (C=O) groups excluding carboxylic acids is 2. The summed E-state index contributed by atoms with van der Waals surface area (Å²) in [5.74, 6) is -0.0840. The Hall–Kier alpha value is -2.15. The van der Waals surface area contributed by atoms with Crippen molar-refractivity contribution in [1.82, 2.24) is 10.5 Å². The van der Waals surface area contributed by atoms with Gasteiger partial charge in [0.05, 0.1) is 24.5 Å². The fourth-order valence-electron chi connectivity index (χ4n) is 4.58. The molecule has 2 saturated heterocycles. The Morgan fingerprint density at radius 3 is 3.00 bits per heavy atom. The Kier molecular flexibility index (Phi) is 4.58. The first-order valence-electron chi connectivity index (χ1n) is 9.87. The van der Waals surface area contributed by atoms with Crippen LogP contribution in [0, 0.1) is 18.8 Å². The molecule has 0 radical (unpaired) electrons. The lowest BCUT2D eigenvalue weighted by Gasteiger charge is -2.25. The van der Waals surface area contributed by atoms with E-state index < -0.39 is 17.4 Å². The zero-order valence-electron chi connectivity index (χ0n) is 16.1. The molecule has 3 aliphatic rings. The highest BCUT2D eigenvalue weighted by molar-refractivity contribution is 6.02. The van der Waals surface area contributed by atoms with Crippen LogP contribution >= 0.6 is 0 Å². The summed E-state index contributed by atoms with van der Waals surface area (Å²) in [6.45, 7) is 6.34. The Balaban J connectivity index is 1.50. The molecular weight excluding hydrogens is 346 g/mol. The smallest absolute Gasteiger partial charge is 0.235 e. The second kappa shape index (κ2) is 6.78. The van der Waals surface area contributed by atoms with Crippen molar-refractivity contribution in [2.75, 3.05) is 11.4 Å². The molecular formula is C20H27N3O4. The third kappa shape index (κ3) is 2.98. The Labute approximate surface area is 159 Å². The van der Waals surface area contributed by atoms with Crippen molar-refractivity contribution in [1.29, 1.82) is 0 Å². The minimum atomic E-state index is -0.734. The predicted octanol–water partition coefficient (Wildman–Crippen LogP) is 2.35. The number of ether oxygens (including phenoxy) is 1. The van der Waals surface area contributed by atoms with Crippen LogP contribution in [0.15, 0.2) is 22.7 Å². The van der Waals surface area contributed by atoms with Crippen molar-refractivity contribution in [2.24, 2.45) is 11.8 Å². The van der Waals surface area contributed by atoms with Crippen LogP contribution in [0.25, 0.3) is 0 Å². The standard InChI is InChI=1S/C20H27N3O4/c1-4-5-6-7-12(2)21-18(24)16-14-8-9-20(26-14)11-23(19(25)17(16)20)15-10-13(3)27-22-15/h8-10,12,14,16-17H,4-7,11H2,1-3H3,(H,21,24)/t12?,14?,16?,17?,20-/m0/s1.